The Bertz CT molecular complexity index is 1190. The molecule has 0 unspecified atom stereocenters. The molecule has 0 aliphatic heterocycles. The first-order chi connectivity index (χ1) is 12.4. The normalized spacial score (nSPS) is 11.2. The minimum Gasteiger partial charge on any atom is -0.354 e. The lowest BCUT2D eigenvalue weighted by Crippen LogP contribution is -1.87. The molecule has 1 N–H and O–H groups in total. The van der Waals surface area contributed by atoms with Crippen LogP contribution in [0.15, 0.2) is 85.2 Å². The van der Waals surface area contributed by atoms with Gasteiger partial charge in [0.25, 0.3) is 0 Å². The Kier molecular flexibility index (Phi) is 3.10. The molecule has 0 spiro atoms. The molecule has 0 bridgehead atoms. The van der Waals surface area contributed by atoms with Crippen molar-refractivity contribution in [2.45, 2.75) is 0 Å². The molecule has 0 aliphatic carbocycles. The van der Waals surface area contributed by atoms with Gasteiger partial charge in [0.1, 0.15) is 0 Å². The van der Waals surface area contributed by atoms with Crippen LogP contribution in [-0.2, 0) is 0 Å². The minimum absolute atomic E-state index is 0.884. The molecule has 118 valence electrons. The van der Waals surface area contributed by atoms with Gasteiger partial charge in [0.05, 0.1) is 11.4 Å². The van der Waals surface area contributed by atoms with Gasteiger partial charge >= 0.3 is 0 Å². The van der Waals surface area contributed by atoms with Gasteiger partial charge in [-0.2, -0.15) is 0 Å². The minimum atomic E-state index is 0.884. The van der Waals surface area contributed by atoms with Crippen LogP contribution in [-0.4, -0.2) is 15.0 Å². The van der Waals surface area contributed by atoms with Gasteiger partial charge in [0, 0.05) is 34.2 Å². The number of fused-ring (bicyclic) bond motifs is 3. The number of rotatable bonds is 2. The van der Waals surface area contributed by atoms with Crippen LogP contribution in [0.1, 0.15) is 0 Å². The summed E-state index contributed by atoms with van der Waals surface area (Å²) in [4.78, 5) is 12.4. The molecule has 0 saturated carbocycles. The average Bonchev–Trinajstić information content (AvgIpc) is 3.06. The van der Waals surface area contributed by atoms with Crippen LogP contribution in [0.2, 0.25) is 0 Å². The molecule has 3 aromatic heterocycles. The molecule has 0 radical (unpaired) electrons. The Morgan fingerprint density at radius 3 is 2.28 bits per heavy atom. The molecule has 3 nitrogen and oxygen atoms in total. The Balaban J connectivity index is 1.64. The van der Waals surface area contributed by atoms with E-state index in [1.807, 2.05) is 30.5 Å². The largest absolute Gasteiger partial charge is 0.354 e. The number of H-pyrrole nitrogens is 1. The first-order valence-corrected chi connectivity index (χ1v) is 8.27. The van der Waals surface area contributed by atoms with Gasteiger partial charge in [-0.25, -0.2) is 0 Å². The van der Waals surface area contributed by atoms with Gasteiger partial charge in [-0.15, -0.1) is 0 Å². The van der Waals surface area contributed by atoms with E-state index in [-0.39, 0.29) is 0 Å². The van der Waals surface area contributed by atoms with Crippen LogP contribution in [0.3, 0.4) is 0 Å². The Hall–Kier alpha value is -3.46. The van der Waals surface area contributed by atoms with Gasteiger partial charge in [0.2, 0.25) is 0 Å². The molecule has 0 amide bonds. The summed E-state index contributed by atoms with van der Waals surface area (Å²) in [5, 5.41) is 2.51. The molecule has 3 heterocycles. The third kappa shape index (κ3) is 2.37. The van der Waals surface area contributed by atoms with Gasteiger partial charge in [-0.3, -0.25) is 9.97 Å². The average molecular weight is 321 g/mol. The highest BCUT2D eigenvalue weighted by molar-refractivity contribution is 6.08. The monoisotopic (exact) mass is 321 g/mol. The fraction of sp³-hybridized carbons (Fsp3) is 0. The lowest BCUT2D eigenvalue weighted by molar-refractivity contribution is 1.25. The lowest BCUT2D eigenvalue weighted by Gasteiger charge is -2.05. The summed E-state index contributed by atoms with van der Waals surface area (Å²) in [5.41, 5.74) is 6.38. The maximum Gasteiger partial charge on any atom is 0.0892 e. The highest BCUT2D eigenvalue weighted by Crippen LogP contribution is 2.30. The predicted molar refractivity (Wildman–Crippen MR) is 102 cm³/mol. The van der Waals surface area contributed by atoms with Gasteiger partial charge in [-0.1, -0.05) is 36.4 Å². The maximum absolute atomic E-state index is 4.46. The van der Waals surface area contributed by atoms with Crippen molar-refractivity contribution in [2.75, 3.05) is 0 Å². The van der Waals surface area contributed by atoms with Crippen molar-refractivity contribution in [3.8, 4) is 22.5 Å². The summed E-state index contributed by atoms with van der Waals surface area (Å²) < 4.78 is 0. The molecule has 0 aliphatic rings. The summed E-state index contributed by atoms with van der Waals surface area (Å²) in [7, 11) is 0. The van der Waals surface area contributed by atoms with E-state index in [0.29, 0.717) is 0 Å². The highest BCUT2D eigenvalue weighted by atomic mass is 14.8. The standard InChI is InChI=1S/C22H15N3/c1-2-6-19-17(5-1)18-9-8-15(13-21(18)25-19)16-10-12-24-22(14-16)20-7-3-4-11-23-20/h1-14,25H. The zero-order valence-corrected chi connectivity index (χ0v) is 13.5. The number of pyridine rings is 2. The molecular weight excluding hydrogens is 306 g/mol. The zero-order valence-electron chi connectivity index (χ0n) is 13.5. The molecule has 0 saturated heterocycles. The lowest BCUT2D eigenvalue weighted by atomic mass is 10.0. The number of aromatic amines is 1. The van der Waals surface area contributed by atoms with E-state index in [1.165, 1.54) is 21.9 Å². The number of nitrogens with zero attached hydrogens (tertiary/aromatic N) is 2. The second-order valence-electron chi connectivity index (χ2n) is 6.08. The number of para-hydroxylation sites is 1. The van der Waals surface area contributed by atoms with Gasteiger partial charge < -0.3 is 4.98 Å². The molecule has 5 rings (SSSR count). The fourth-order valence-corrected chi connectivity index (χ4v) is 3.30. The van der Waals surface area contributed by atoms with Crippen LogP contribution in [0.4, 0.5) is 0 Å². The fourth-order valence-electron chi connectivity index (χ4n) is 3.30. The van der Waals surface area contributed by atoms with Crippen LogP contribution in [0, 0.1) is 0 Å². The summed E-state index contributed by atoms with van der Waals surface area (Å²) in [6.07, 6.45) is 3.63. The van der Waals surface area contributed by atoms with Crippen molar-refractivity contribution in [2.24, 2.45) is 0 Å². The van der Waals surface area contributed by atoms with E-state index < -0.39 is 0 Å². The van der Waals surface area contributed by atoms with E-state index in [4.69, 9.17) is 0 Å². The second kappa shape index (κ2) is 5.56. The number of hydrogen-bond donors (Lipinski definition) is 1. The topological polar surface area (TPSA) is 41.6 Å². The zero-order chi connectivity index (χ0) is 16.6. The van der Waals surface area contributed by atoms with Gasteiger partial charge in [0.15, 0.2) is 0 Å². The Morgan fingerprint density at radius 2 is 1.36 bits per heavy atom. The molecule has 5 aromatic rings. The van der Waals surface area contributed by atoms with E-state index in [2.05, 4.69) is 63.5 Å². The van der Waals surface area contributed by atoms with Crippen LogP contribution >= 0.6 is 0 Å². The predicted octanol–water partition coefficient (Wildman–Crippen LogP) is 5.45. The summed E-state index contributed by atoms with van der Waals surface area (Å²) in [6, 6.07) is 24.9. The first kappa shape index (κ1) is 13.9. The van der Waals surface area contributed by atoms with Gasteiger partial charge in [-0.05, 0) is 47.5 Å². The van der Waals surface area contributed by atoms with Crippen molar-refractivity contribution in [1.82, 2.24) is 15.0 Å². The quantitative estimate of drug-likeness (QED) is 0.470. The Morgan fingerprint density at radius 1 is 0.560 bits per heavy atom. The third-order valence-electron chi connectivity index (χ3n) is 4.53. The first-order valence-electron chi connectivity index (χ1n) is 8.27. The number of aromatic nitrogens is 3. The van der Waals surface area contributed by atoms with Crippen LogP contribution < -0.4 is 0 Å². The Labute approximate surface area is 145 Å². The SMILES string of the molecule is c1ccc(-c2cc(-c3ccc4c(c3)[nH]c3ccccc34)ccn2)nc1. The van der Waals surface area contributed by atoms with E-state index in [9.17, 15) is 0 Å². The summed E-state index contributed by atoms with van der Waals surface area (Å²) in [5.74, 6) is 0. The second-order valence-corrected chi connectivity index (χ2v) is 6.08. The van der Waals surface area contributed by atoms with Crippen molar-refractivity contribution >= 4 is 21.8 Å². The molecule has 25 heavy (non-hydrogen) atoms. The highest BCUT2D eigenvalue weighted by Gasteiger charge is 2.07. The van der Waals surface area contributed by atoms with Crippen LogP contribution in [0.5, 0.6) is 0 Å². The van der Waals surface area contributed by atoms with Crippen molar-refractivity contribution in [3.63, 3.8) is 0 Å². The number of nitrogens with one attached hydrogen (secondary N) is 1. The van der Waals surface area contributed by atoms with Crippen molar-refractivity contribution < 1.29 is 0 Å². The van der Waals surface area contributed by atoms with E-state index in [1.54, 1.807) is 6.20 Å². The summed E-state index contributed by atoms with van der Waals surface area (Å²) >= 11 is 0. The molecule has 0 fully saturated rings. The smallest absolute Gasteiger partial charge is 0.0892 e. The molecular formula is C22H15N3. The number of hydrogen-bond acceptors (Lipinski definition) is 2. The maximum atomic E-state index is 4.46. The van der Waals surface area contributed by atoms with E-state index in [0.717, 1.165) is 22.5 Å². The molecule has 0 atom stereocenters. The van der Waals surface area contributed by atoms with E-state index >= 15 is 0 Å². The third-order valence-corrected chi connectivity index (χ3v) is 4.53. The molecule has 3 heteroatoms. The van der Waals surface area contributed by atoms with Crippen molar-refractivity contribution in [1.29, 1.82) is 0 Å². The van der Waals surface area contributed by atoms with Crippen molar-refractivity contribution in [3.05, 3.63) is 85.2 Å². The summed E-state index contributed by atoms with van der Waals surface area (Å²) in [6.45, 7) is 0. The van der Waals surface area contributed by atoms with Crippen LogP contribution in [0.25, 0.3) is 44.3 Å². The number of benzene rings is 2. The molecule has 2 aromatic carbocycles.